The van der Waals surface area contributed by atoms with E-state index in [-0.39, 0.29) is 0 Å². The molecule has 0 fully saturated rings. The average molecular weight is 283 g/mol. The quantitative estimate of drug-likeness (QED) is 0.747. The maximum absolute atomic E-state index is 11.6. The first-order valence-corrected chi connectivity index (χ1v) is 7.19. The first-order chi connectivity index (χ1) is 9.02. The molecule has 1 amide bonds. The number of aryl methyl sites for hydroxylation is 1. The van der Waals surface area contributed by atoms with Crippen LogP contribution in [0.1, 0.15) is 17.9 Å². The SMILES string of the molecule is CSCC[C@H](NC(=O)/C=C/c1ccc(C)o1)C(=O)O. The van der Waals surface area contributed by atoms with E-state index in [1.54, 1.807) is 19.1 Å². The standard InChI is InChI=1S/C13H17NO4S/c1-9-3-4-10(18-9)5-6-12(15)14-11(13(16)17)7-8-19-2/h3-6,11H,7-8H2,1-2H3,(H,14,15)(H,16,17)/b6-5+/t11-/m0/s1. The fourth-order valence-electron chi connectivity index (χ4n) is 1.41. The van der Waals surface area contributed by atoms with Gasteiger partial charge < -0.3 is 14.8 Å². The Balaban J connectivity index is 2.52. The monoisotopic (exact) mass is 283 g/mol. The normalized spacial score (nSPS) is 12.5. The summed E-state index contributed by atoms with van der Waals surface area (Å²) in [5.74, 6) is 0.525. The first-order valence-electron chi connectivity index (χ1n) is 5.79. The van der Waals surface area contributed by atoms with Crippen LogP contribution >= 0.6 is 11.8 Å². The fraction of sp³-hybridized carbons (Fsp3) is 0.385. The predicted octanol–water partition coefficient (Wildman–Crippen LogP) is 1.92. The Bertz CT molecular complexity index is 467. The molecular formula is C13H17NO4S. The molecule has 1 rings (SSSR count). The van der Waals surface area contributed by atoms with Crippen LogP contribution in [0.3, 0.4) is 0 Å². The number of carbonyl (C=O) groups excluding carboxylic acids is 1. The van der Waals surface area contributed by atoms with Crippen LogP contribution in [-0.4, -0.2) is 35.0 Å². The Morgan fingerprint density at radius 3 is 2.79 bits per heavy atom. The molecule has 1 aromatic rings. The average Bonchev–Trinajstić information content (AvgIpc) is 2.77. The third-order valence-electron chi connectivity index (χ3n) is 2.39. The molecule has 0 radical (unpaired) electrons. The second kappa shape index (κ2) is 7.68. The molecule has 0 bridgehead atoms. The molecule has 0 saturated heterocycles. The van der Waals surface area contributed by atoms with Gasteiger partial charge in [0.15, 0.2) is 0 Å². The summed E-state index contributed by atoms with van der Waals surface area (Å²) < 4.78 is 5.26. The number of furan rings is 1. The topological polar surface area (TPSA) is 79.5 Å². The Kier molecular flexibility index (Phi) is 6.21. The number of carboxylic acids is 1. The molecule has 1 heterocycles. The molecule has 0 aliphatic heterocycles. The van der Waals surface area contributed by atoms with Crippen molar-refractivity contribution in [2.45, 2.75) is 19.4 Å². The minimum atomic E-state index is -1.02. The molecule has 0 unspecified atom stereocenters. The van der Waals surface area contributed by atoms with Crippen LogP contribution in [0.4, 0.5) is 0 Å². The first kappa shape index (κ1) is 15.4. The molecule has 0 aliphatic carbocycles. The van der Waals surface area contributed by atoms with Gasteiger partial charge in [0.25, 0.3) is 0 Å². The highest BCUT2D eigenvalue weighted by Gasteiger charge is 2.17. The van der Waals surface area contributed by atoms with Gasteiger partial charge in [0, 0.05) is 6.08 Å². The lowest BCUT2D eigenvalue weighted by Crippen LogP contribution is -2.40. The van der Waals surface area contributed by atoms with Gasteiger partial charge in [0.2, 0.25) is 5.91 Å². The molecule has 0 aliphatic rings. The number of aliphatic carboxylic acids is 1. The largest absolute Gasteiger partial charge is 0.480 e. The van der Waals surface area contributed by atoms with E-state index in [9.17, 15) is 9.59 Å². The van der Waals surface area contributed by atoms with Gasteiger partial charge in [-0.05, 0) is 43.6 Å². The number of nitrogens with one attached hydrogen (secondary N) is 1. The number of rotatable bonds is 7. The molecule has 1 atom stereocenters. The van der Waals surface area contributed by atoms with Crippen LogP contribution < -0.4 is 5.32 Å². The van der Waals surface area contributed by atoms with Crippen molar-refractivity contribution in [2.24, 2.45) is 0 Å². The van der Waals surface area contributed by atoms with Gasteiger partial charge in [-0.3, -0.25) is 4.79 Å². The van der Waals surface area contributed by atoms with Gasteiger partial charge in [0.05, 0.1) is 0 Å². The summed E-state index contributed by atoms with van der Waals surface area (Å²) in [6.45, 7) is 1.81. The minimum absolute atomic E-state index is 0.399. The highest BCUT2D eigenvalue weighted by molar-refractivity contribution is 7.98. The van der Waals surface area contributed by atoms with Crippen LogP contribution in [0.5, 0.6) is 0 Å². The number of hydrogen-bond donors (Lipinski definition) is 2. The van der Waals surface area contributed by atoms with Gasteiger partial charge >= 0.3 is 5.97 Å². The molecule has 0 saturated carbocycles. The number of amides is 1. The minimum Gasteiger partial charge on any atom is -0.480 e. The lowest BCUT2D eigenvalue weighted by Gasteiger charge is -2.12. The van der Waals surface area contributed by atoms with Crippen LogP contribution in [0.15, 0.2) is 22.6 Å². The summed E-state index contributed by atoms with van der Waals surface area (Å²) in [5.41, 5.74) is 0. The molecule has 104 valence electrons. The zero-order chi connectivity index (χ0) is 14.3. The Hall–Kier alpha value is -1.69. The van der Waals surface area contributed by atoms with Crippen LogP contribution in [0.2, 0.25) is 0 Å². The van der Waals surface area contributed by atoms with Crippen molar-refractivity contribution in [3.8, 4) is 0 Å². The predicted molar refractivity (Wildman–Crippen MR) is 75.0 cm³/mol. The van der Waals surface area contributed by atoms with Crippen molar-refractivity contribution in [2.75, 3.05) is 12.0 Å². The maximum atomic E-state index is 11.6. The third-order valence-corrected chi connectivity index (χ3v) is 3.03. The van der Waals surface area contributed by atoms with E-state index in [0.29, 0.717) is 17.9 Å². The van der Waals surface area contributed by atoms with E-state index in [1.165, 1.54) is 23.9 Å². The lowest BCUT2D eigenvalue weighted by molar-refractivity contribution is -0.141. The van der Waals surface area contributed by atoms with Gasteiger partial charge in [-0.1, -0.05) is 0 Å². The van der Waals surface area contributed by atoms with E-state index in [2.05, 4.69) is 5.32 Å². The van der Waals surface area contributed by atoms with Crippen LogP contribution in [0.25, 0.3) is 6.08 Å². The van der Waals surface area contributed by atoms with Gasteiger partial charge in [-0.25, -0.2) is 4.79 Å². The smallest absolute Gasteiger partial charge is 0.326 e. The zero-order valence-electron chi connectivity index (χ0n) is 10.9. The highest BCUT2D eigenvalue weighted by atomic mass is 32.2. The Labute approximate surface area is 116 Å². The molecule has 6 heteroatoms. The Morgan fingerprint density at radius 2 is 2.26 bits per heavy atom. The Morgan fingerprint density at radius 1 is 1.53 bits per heavy atom. The van der Waals surface area contributed by atoms with Crippen molar-refractivity contribution in [3.63, 3.8) is 0 Å². The van der Waals surface area contributed by atoms with Crippen molar-refractivity contribution in [3.05, 3.63) is 29.7 Å². The molecule has 19 heavy (non-hydrogen) atoms. The van der Waals surface area contributed by atoms with Crippen molar-refractivity contribution >= 4 is 29.7 Å². The van der Waals surface area contributed by atoms with Crippen molar-refractivity contribution in [1.29, 1.82) is 0 Å². The summed E-state index contributed by atoms with van der Waals surface area (Å²) in [4.78, 5) is 22.5. The second-order valence-electron chi connectivity index (χ2n) is 3.96. The summed E-state index contributed by atoms with van der Waals surface area (Å²) in [6, 6.07) is 2.67. The van der Waals surface area contributed by atoms with Gasteiger partial charge in [-0.15, -0.1) is 0 Å². The molecular weight excluding hydrogens is 266 g/mol. The summed E-state index contributed by atoms with van der Waals surface area (Å²) in [7, 11) is 0. The van der Waals surface area contributed by atoms with Crippen molar-refractivity contribution < 1.29 is 19.1 Å². The highest BCUT2D eigenvalue weighted by Crippen LogP contribution is 2.08. The van der Waals surface area contributed by atoms with Crippen molar-refractivity contribution in [1.82, 2.24) is 5.32 Å². The van der Waals surface area contributed by atoms with E-state index in [1.807, 2.05) is 6.26 Å². The molecule has 5 nitrogen and oxygen atoms in total. The van der Waals surface area contributed by atoms with Gasteiger partial charge in [0.1, 0.15) is 17.6 Å². The number of carboxylic acid groups (broad SMARTS) is 1. The lowest BCUT2D eigenvalue weighted by atomic mass is 10.2. The molecule has 0 spiro atoms. The maximum Gasteiger partial charge on any atom is 0.326 e. The fourth-order valence-corrected chi connectivity index (χ4v) is 1.89. The summed E-state index contributed by atoms with van der Waals surface area (Å²) in [5, 5.41) is 11.4. The van der Waals surface area contributed by atoms with E-state index in [4.69, 9.17) is 9.52 Å². The molecule has 1 aromatic heterocycles. The van der Waals surface area contributed by atoms with E-state index >= 15 is 0 Å². The number of hydrogen-bond acceptors (Lipinski definition) is 4. The van der Waals surface area contributed by atoms with Crippen LogP contribution in [-0.2, 0) is 9.59 Å². The van der Waals surface area contributed by atoms with E-state index in [0.717, 1.165) is 5.76 Å². The third kappa shape index (κ3) is 5.65. The summed E-state index contributed by atoms with van der Waals surface area (Å²) in [6.07, 6.45) is 5.07. The summed E-state index contributed by atoms with van der Waals surface area (Å²) >= 11 is 1.54. The molecule has 0 aromatic carbocycles. The second-order valence-corrected chi connectivity index (χ2v) is 4.95. The zero-order valence-corrected chi connectivity index (χ0v) is 11.7. The number of thioether (sulfide) groups is 1. The van der Waals surface area contributed by atoms with Gasteiger partial charge in [-0.2, -0.15) is 11.8 Å². The molecule has 2 N–H and O–H groups in total. The number of carbonyl (C=O) groups is 2. The van der Waals surface area contributed by atoms with E-state index < -0.39 is 17.9 Å². The van der Waals surface area contributed by atoms with Crippen LogP contribution in [0, 0.1) is 6.92 Å².